The third-order valence-corrected chi connectivity index (χ3v) is 2.06. The van der Waals surface area contributed by atoms with Gasteiger partial charge in [0.25, 0.3) is 0 Å². The van der Waals surface area contributed by atoms with Gasteiger partial charge < -0.3 is 15.1 Å². The van der Waals surface area contributed by atoms with Crippen LogP contribution in [0.25, 0.3) is 0 Å². The first-order valence-corrected chi connectivity index (χ1v) is 5.27. The minimum absolute atomic E-state index is 0.00708. The molecule has 0 saturated carbocycles. The number of rotatable bonds is 6. The van der Waals surface area contributed by atoms with Crippen LogP contribution in [-0.2, 0) is 4.79 Å². The Morgan fingerprint density at radius 3 is 3.00 bits per heavy atom. The first-order valence-electron chi connectivity index (χ1n) is 5.27. The predicted molar refractivity (Wildman–Crippen MR) is 58.4 cm³/mol. The summed E-state index contributed by atoms with van der Waals surface area (Å²) in [4.78, 5) is 11.4. The standard InChI is InChI=1S/C11H18N2O2/c1-3-6-12-8-11(14)13-9(2)10-5-4-7-15-10/h4-5,7,9,12H,3,6,8H2,1-2H3,(H,13,14). The van der Waals surface area contributed by atoms with Crippen LogP contribution < -0.4 is 10.6 Å². The molecule has 15 heavy (non-hydrogen) atoms. The molecule has 1 aromatic rings. The van der Waals surface area contributed by atoms with Crippen molar-refractivity contribution in [1.29, 1.82) is 0 Å². The Bertz CT molecular complexity index is 283. The van der Waals surface area contributed by atoms with E-state index in [1.54, 1.807) is 6.26 Å². The van der Waals surface area contributed by atoms with Gasteiger partial charge >= 0.3 is 0 Å². The molecule has 0 aromatic carbocycles. The average molecular weight is 210 g/mol. The van der Waals surface area contributed by atoms with Gasteiger partial charge in [0.1, 0.15) is 5.76 Å². The lowest BCUT2D eigenvalue weighted by molar-refractivity contribution is -0.121. The average Bonchev–Trinajstić information content (AvgIpc) is 2.70. The molecule has 0 bridgehead atoms. The summed E-state index contributed by atoms with van der Waals surface area (Å²) in [6.07, 6.45) is 2.63. The fourth-order valence-corrected chi connectivity index (χ4v) is 1.28. The molecular weight excluding hydrogens is 192 g/mol. The maximum Gasteiger partial charge on any atom is 0.234 e. The minimum atomic E-state index is -0.0732. The molecule has 1 unspecified atom stereocenters. The van der Waals surface area contributed by atoms with E-state index in [-0.39, 0.29) is 11.9 Å². The second-order valence-corrected chi connectivity index (χ2v) is 3.48. The number of nitrogens with one attached hydrogen (secondary N) is 2. The van der Waals surface area contributed by atoms with Crippen molar-refractivity contribution in [3.63, 3.8) is 0 Å². The molecule has 0 aliphatic heterocycles. The topological polar surface area (TPSA) is 54.3 Å². The third-order valence-electron chi connectivity index (χ3n) is 2.06. The Balaban J connectivity index is 2.26. The monoisotopic (exact) mass is 210 g/mol. The van der Waals surface area contributed by atoms with Crippen molar-refractivity contribution >= 4 is 5.91 Å². The first kappa shape index (κ1) is 11.8. The molecule has 1 amide bonds. The van der Waals surface area contributed by atoms with Gasteiger partial charge in [-0.3, -0.25) is 4.79 Å². The summed E-state index contributed by atoms with van der Waals surface area (Å²) in [5.41, 5.74) is 0. The van der Waals surface area contributed by atoms with Crippen molar-refractivity contribution in [3.05, 3.63) is 24.2 Å². The zero-order valence-electron chi connectivity index (χ0n) is 9.25. The highest BCUT2D eigenvalue weighted by Crippen LogP contribution is 2.11. The van der Waals surface area contributed by atoms with E-state index in [0.29, 0.717) is 6.54 Å². The second-order valence-electron chi connectivity index (χ2n) is 3.48. The Kier molecular flexibility index (Phi) is 4.90. The van der Waals surface area contributed by atoms with Crippen molar-refractivity contribution < 1.29 is 9.21 Å². The van der Waals surface area contributed by atoms with Crippen LogP contribution in [0.5, 0.6) is 0 Å². The fourth-order valence-electron chi connectivity index (χ4n) is 1.28. The van der Waals surface area contributed by atoms with E-state index in [0.717, 1.165) is 18.7 Å². The summed E-state index contributed by atoms with van der Waals surface area (Å²) in [6.45, 7) is 5.19. The maximum absolute atomic E-state index is 11.4. The van der Waals surface area contributed by atoms with Crippen LogP contribution in [0.3, 0.4) is 0 Å². The molecule has 84 valence electrons. The zero-order chi connectivity index (χ0) is 11.1. The summed E-state index contributed by atoms with van der Waals surface area (Å²) in [7, 11) is 0. The molecule has 1 aromatic heterocycles. The number of amides is 1. The quantitative estimate of drug-likeness (QED) is 0.699. The lowest BCUT2D eigenvalue weighted by atomic mass is 10.2. The zero-order valence-corrected chi connectivity index (χ0v) is 9.25. The van der Waals surface area contributed by atoms with Gasteiger partial charge in [0.2, 0.25) is 5.91 Å². The lowest BCUT2D eigenvalue weighted by Gasteiger charge is -2.11. The van der Waals surface area contributed by atoms with Gasteiger partial charge in [0.15, 0.2) is 0 Å². The Morgan fingerprint density at radius 2 is 2.40 bits per heavy atom. The Hall–Kier alpha value is -1.29. The largest absolute Gasteiger partial charge is 0.467 e. The highest BCUT2D eigenvalue weighted by Gasteiger charge is 2.10. The normalized spacial score (nSPS) is 12.4. The van der Waals surface area contributed by atoms with E-state index in [9.17, 15) is 4.79 Å². The molecule has 1 atom stereocenters. The van der Waals surface area contributed by atoms with E-state index in [2.05, 4.69) is 17.6 Å². The third kappa shape index (κ3) is 4.16. The molecule has 1 rings (SSSR count). The van der Waals surface area contributed by atoms with E-state index >= 15 is 0 Å². The van der Waals surface area contributed by atoms with Gasteiger partial charge in [0, 0.05) is 0 Å². The van der Waals surface area contributed by atoms with Crippen LogP contribution in [0.1, 0.15) is 32.1 Å². The van der Waals surface area contributed by atoms with Crippen LogP contribution >= 0.6 is 0 Å². The molecule has 4 nitrogen and oxygen atoms in total. The van der Waals surface area contributed by atoms with Gasteiger partial charge in [-0.2, -0.15) is 0 Å². The molecular formula is C11H18N2O2. The van der Waals surface area contributed by atoms with Gasteiger partial charge in [0.05, 0.1) is 18.8 Å². The molecule has 0 spiro atoms. The van der Waals surface area contributed by atoms with E-state index in [4.69, 9.17) is 4.42 Å². The number of furan rings is 1. The molecule has 0 radical (unpaired) electrons. The van der Waals surface area contributed by atoms with Gasteiger partial charge in [-0.15, -0.1) is 0 Å². The lowest BCUT2D eigenvalue weighted by Crippen LogP contribution is -2.35. The fraction of sp³-hybridized carbons (Fsp3) is 0.545. The summed E-state index contributed by atoms with van der Waals surface area (Å²) in [5, 5.41) is 5.89. The van der Waals surface area contributed by atoms with Gasteiger partial charge in [-0.05, 0) is 32.0 Å². The molecule has 4 heteroatoms. The van der Waals surface area contributed by atoms with Crippen LogP contribution in [0, 0.1) is 0 Å². The van der Waals surface area contributed by atoms with Crippen molar-refractivity contribution in [1.82, 2.24) is 10.6 Å². The molecule has 0 fully saturated rings. The van der Waals surface area contributed by atoms with Crippen LogP contribution in [0.2, 0.25) is 0 Å². The first-order chi connectivity index (χ1) is 7.24. The second kappa shape index (κ2) is 6.24. The Morgan fingerprint density at radius 1 is 1.60 bits per heavy atom. The number of carbonyl (C=O) groups is 1. The van der Waals surface area contributed by atoms with Crippen LogP contribution in [-0.4, -0.2) is 19.0 Å². The highest BCUT2D eigenvalue weighted by atomic mass is 16.3. The van der Waals surface area contributed by atoms with Crippen molar-refractivity contribution in [3.8, 4) is 0 Å². The van der Waals surface area contributed by atoms with Crippen LogP contribution in [0.15, 0.2) is 22.8 Å². The van der Waals surface area contributed by atoms with Gasteiger partial charge in [-0.1, -0.05) is 6.92 Å². The summed E-state index contributed by atoms with van der Waals surface area (Å²) >= 11 is 0. The predicted octanol–water partition coefficient (Wildman–Crippen LogP) is 1.46. The Labute approximate surface area is 90.0 Å². The van der Waals surface area contributed by atoms with E-state index in [1.807, 2.05) is 19.1 Å². The highest BCUT2D eigenvalue weighted by molar-refractivity contribution is 5.78. The summed E-state index contributed by atoms with van der Waals surface area (Å²) < 4.78 is 5.19. The molecule has 1 heterocycles. The van der Waals surface area contributed by atoms with Crippen LogP contribution in [0.4, 0.5) is 0 Å². The smallest absolute Gasteiger partial charge is 0.234 e. The maximum atomic E-state index is 11.4. The molecule has 0 aliphatic carbocycles. The van der Waals surface area contributed by atoms with E-state index in [1.165, 1.54) is 0 Å². The number of carbonyl (C=O) groups excluding carboxylic acids is 1. The van der Waals surface area contributed by atoms with E-state index < -0.39 is 0 Å². The van der Waals surface area contributed by atoms with Crippen molar-refractivity contribution in [2.75, 3.05) is 13.1 Å². The summed E-state index contributed by atoms with van der Waals surface area (Å²) in [6, 6.07) is 3.59. The molecule has 0 saturated heterocycles. The number of hydrogen-bond donors (Lipinski definition) is 2. The van der Waals surface area contributed by atoms with Gasteiger partial charge in [-0.25, -0.2) is 0 Å². The molecule has 0 aliphatic rings. The van der Waals surface area contributed by atoms with Crippen molar-refractivity contribution in [2.45, 2.75) is 26.3 Å². The van der Waals surface area contributed by atoms with Crippen molar-refractivity contribution in [2.24, 2.45) is 0 Å². The molecule has 2 N–H and O–H groups in total. The summed E-state index contributed by atoms with van der Waals surface area (Å²) in [5.74, 6) is 0.770. The minimum Gasteiger partial charge on any atom is -0.467 e. The number of hydrogen-bond acceptors (Lipinski definition) is 3. The SMILES string of the molecule is CCCNCC(=O)NC(C)c1ccco1.